The van der Waals surface area contributed by atoms with Gasteiger partial charge in [0, 0.05) is 6.04 Å². The lowest BCUT2D eigenvalue weighted by Gasteiger charge is -2.34. The molecule has 1 saturated carbocycles. The Morgan fingerprint density at radius 3 is 2.60 bits per heavy atom. The second-order valence-corrected chi connectivity index (χ2v) is 4.76. The van der Waals surface area contributed by atoms with Crippen LogP contribution in [-0.4, -0.2) is 17.5 Å². The number of nitriles is 1. The molecule has 15 heavy (non-hydrogen) atoms. The van der Waals surface area contributed by atoms with E-state index in [2.05, 4.69) is 11.4 Å². The third-order valence-corrected chi connectivity index (χ3v) is 3.09. The number of nitrogens with one attached hydrogen (secondary N) is 1. The predicted molar refractivity (Wildman–Crippen MR) is 57.8 cm³/mol. The summed E-state index contributed by atoms with van der Waals surface area (Å²) in [6, 6.07) is 2.40. The third-order valence-electron chi connectivity index (χ3n) is 3.09. The summed E-state index contributed by atoms with van der Waals surface area (Å²) in [4.78, 5) is 11.2. The van der Waals surface area contributed by atoms with Crippen LogP contribution in [0.1, 0.15) is 39.5 Å². The van der Waals surface area contributed by atoms with Crippen molar-refractivity contribution in [3.8, 4) is 6.07 Å². The smallest absolute Gasteiger partial charge is 0.237 e. The maximum atomic E-state index is 11.2. The summed E-state index contributed by atoms with van der Waals surface area (Å²) in [6.07, 6.45) is 4.09. The monoisotopic (exact) mass is 209 g/mol. The van der Waals surface area contributed by atoms with Gasteiger partial charge in [-0.1, -0.05) is 12.8 Å². The highest BCUT2D eigenvalue weighted by atomic mass is 16.1. The molecule has 2 unspecified atom stereocenters. The third kappa shape index (κ3) is 2.93. The molecule has 0 aromatic heterocycles. The number of nitrogens with zero attached hydrogens (tertiary/aromatic N) is 1. The van der Waals surface area contributed by atoms with Crippen LogP contribution in [0.3, 0.4) is 0 Å². The van der Waals surface area contributed by atoms with Crippen LogP contribution in [0, 0.1) is 17.2 Å². The Morgan fingerprint density at radius 1 is 1.47 bits per heavy atom. The number of hydrogen-bond donors (Lipinski definition) is 2. The summed E-state index contributed by atoms with van der Waals surface area (Å²) in [6.45, 7) is 3.52. The lowest BCUT2D eigenvalue weighted by molar-refractivity contribution is -0.123. The second-order valence-electron chi connectivity index (χ2n) is 4.76. The zero-order chi connectivity index (χ0) is 11.5. The van der Waals surface area contributed by atoms with Crippen LogP contribution in [0.25, 0.3) is 0 Å². The molecule has 4 nitrogen and oxygen atoms in total. The summed E-state index contributed by atoms with van der Waals surface area (Å²) in [5.74, 6) is -0.359. The molecule has 3 N–H and O–H groups in total. The van der Waals surface area contributed by atoms with Crippen LogP contribution in [0.4, 0.5) is 0 Å². The molecule has 1 rings (SSSR count). The minimum absolute atomic E-state index is 0.0115. The van der Waals surface area contributed by atoms with Gasteiger partial charge < -0.3 is 5.73 Å². The molecule has 1 fully saturated rings. The van der Waals surface area contributed by atoms with E-state index >= 15 is 0 Å². The lowest BCUT2D eigenvalue weighted by atomic mass is 9.84. The van der Waals surface area contributed by atoms with Crippen molar-refractivity contribution in [3.63, 3.8) is 0 Å². The van der Waals surface area contributed by atoms with Gasteiger partial charge in [-0.2, -0.15) is 5.26 Å². The standard InChI is InChI=1S/C11H19N3O/c1-11(2,10(13)15)14-9-6-4-3-5-8(9)7-12/h8-9,14H,3-6H2,1-2H3,(H2,13,15). The lowest BCUT2D eigenvalue weighted by Crippen LogP contribution is -2.56. The quantitative estimate of drug-likeness (QED) is 0.725. The van der Waals surface area contributed by atoms with Crippen molar-refractivity contribution in [1.29, 1.82) is 5.26 Å². The maximum absolute atomic E-state index is 11.2. The molecule has 0 aliphatic heterocycles. The minimum atomic E-state index is -0.725. The number of carbonyl (C=O) groups excluding carboxylic acids is 1. The van der Waals surface area contributed by atoms with Gasteiger partial charge in [0.15, 0.2) is 0 Å². The van der Waals surface area contributed by atoms with E-state index in [4.69, 9.17) is 11.0 Å². The van der Waals surface area contributed by atoms with Gasteiger partial charge in [0.25, 0.3) is 0 Å². The first kappa shape index (κ1) is 12.0. The summed E-state index contributed by atoms with van der Waals surface area (Å²) in [5.41, 5.74) is 4.56. The van der Waals surface area contributed by atoms with Gasteiger partial charge in [-0.15, -0.1) is 0 Å². The van der Waals surface area contributed by atoms with Gasteiger partial charge in [-0.25, -0.2) is 0 Å². The van der Waals surface area contributed by atoms with Crippen molar-refractivity contribution < 1.29 is 4.79 Å². The molecule has 0 saturated heterocycles. The topological polar surface area (TPSA) is 78.9 Å². The number of nitrogens with two attached hydrogens (primary N) is 1. The van der Waals surface area contributed by atoms with Gasteiger partial charge in [-0.05, 0) is 26.7 Å². The highest BCUT2D eigenvalue weighted by molar-refractivity contribution is 5.83. The van der Waals surface area contributed by atoms with Crippen LogP contribution < -0.4 is 11.1 Å². The van der Waals surface area contributed by atoms with E-state index in [1.165, 1.54) is 0 Å². The Balaban J connectivity index is 2.63. The largest absolute Gasteiger partial charge is 0.368 e. The number of carbonyl (C=O) groups is 1. The SMILES string of the molecule is CC(C)(NC1CCCCC1C#N)C(N)=O. The number of amides is 1. The van der Waals surface area contributed by atoms with E-state index in [1.54, 1.807) is 13.8 Å². The van der Waals surface area contributed by atoms with Crippen molar-refractivity contribution in [2.24, 2.45) is 11.7 Å². The van der Waals surface area contributed by atoms with Crippen LogP contribution >= 0.6 is 0 Å². The Kier molecular flexibility index (Phi) is 3.70. The Hall–Kier alpha value is -1.08. The molecule has 0 radical (unpaired) electrons. The average molecular weight is 209 g/mol. The van der Waals surface area contributed by atoms with E-state index in [-0.39, 0.29) is 17.9 Å². The predicted octanol–water partition coefficient (Wildman–Crippen LogP) is 0.922. The molecular formula is C11H19N3O. The minimum Gasteiger partial charge on any atom is -0.368 e. The average Bonchev–Trinajstić information content (AvgIpc) is 2.18. The van der Waals surface area contributed by atoms with Gasteiger partial charge in [-0.3, -0.25) is 10.1 Å². The van der Waals surface area contributed by atoms with Crippen LogP contribution in [-0.2, 0) is 4.79 Å². The first-order valence-corrected chi connectivity index (χ1v) is 5.44. The fourth-order valence-corrected chi connectivity index (χ4v) is 1.99. The molecule has 2 atom stereocenters. The molecule has 1 amide bonds. The van der Waals surface area contributed by atoms with Crippen LogP contribution in [0.2, 0.25) is 0 Å². The Bertz CT molecular complexity index is 280. The Morgan fingerprint density at radius 2 is 2.07 bits per heavy atom. The number of rotatable bonds is 3. The first-order chi connectivity index (χ1) is 6.97. The van der Waals surface area contributed by atoms with Crippen molar-refractivity contribution in [3.05, 3.63) is 0 Å². The fraction of sp³-hybridized carbons (Fsp3) is 0.818. The highest BCUT2D eigenvalue weighted by Gasteiger charge is 2.33. The molecule has 1 aliphatic rings. The summed E-state index contributed by atoms with van der Waals surface area (Å²) in [5, 5.41) is 12.2. The zero-order valence-electron chi connectivity index (χ0n) is 9.42. The first-order valence-electron chi connectivity index (χ1n) is 5.44. The molecule has 4 heteroatoms. The van der Waals surface area contributed by atoms with Gasteiger partial charge >= 0.3 is 0 Å². The van der Waals surface area contributed by atoms with E-state index < -0.39 is 5.54 Å². The van der Waals surface area contributed by atoms with Crippen LogP contribution in [0.5, 0.6) is 0 Å². The maximum Gasteiger partial charge on any atom is 0.237 e. The Labute approximate surface area is 90.8 Å². The van der Waals surface area contributed by atoms with Crippen molar-refractivity contribution in [2.45, 2.75) is 51.1 Å². The fourth-order valence-electron chi connectivity index (χ4n) is 1.99. The molecule has 0 aromatic carbocycles. The van der Waals surface area contributed by atoms with E-state index in [0.717, 1.165) is 25.7 Å². The highest BCUT2D eigenvalue weighted by Crippen LogP contribution is 2.25. The van der Waals surface area contributed by atoms with Gasteiger partial charge in [0.05, 0.1) is 17.5 Å². The molecule has 0 spiro atoms. The summed E-state index contributed by atoms with van der Waals surface area (Å²) < 4.78 is 0. The summed E-state index contributed by atoms with van der Waals surface area (Å²) in [7, 11) is 0. The number of primary amides is 1. The second kappa shape index (κ2) is 4.63. The summed E-state index contributed by atoms with van der Waals surface area (Å²) >= 11 is 0. The van der Waals surface area contributed by atoms with Crippen molar-refractivity contribution in [1.82, 2.24) is 5.32 Å². The zero-order valence-corrected chi connectivity index (χ0v) is 9.42. The molecule has 0 bridgehead atoms. The van der Waals surface area contributed by atoms with E-state index in [9.17, 15) is 4.79 Å². The molecule has 0 heterocycles. The molecule has 1 aliphatic carbocycles. The van der Waals surface area contributed by atoms with Gasteiger partial charge in [0.2, 0.25) is 5.91 Å². The van der Waals surface area contributed by atoms with Crippen molar-refractivity contribution in [2.75, 3.05) is 0 Å². The molecular weight excluding hydrogens is 190 g/mol. The number of hydrogen-bond acceptors (Lipinski definition) is 3. The van der Waals surface area contributed by atoms with Gasteiger partial charge in [0.1, 0.15) is 0 Å². The normalized spacial score (nSPS) is 27.0. The van der Waals surface area contributed by atoms with Crippen molar-refractivity contribution >= 4 is 5.91 Å². The van der Waals surface area contributed by atoms with Crippen LogP contribution in [0.15, 0.2) is 0 Å². The molecule has 0 aromatic rings. The molecule has 84 valence electrons. The van der Waals surface area contributed by atoms with E-state index in [0.29, 0.717) is 0 Å². The van der Waals surface area contributed by atoms with E-state index in [1.807, 2.05) is 0 Å².